The molecular weight excluding hydrogens is 368 g/mol. The molecule has 0 unspecified atom stereocenters. The molecule has 1 aliphatic carbocycles. The van der Waals surface area contributed by atoms with Crippen LogP contribution in [-0.4, -0.2) is 56.9 Å². The van der Waals surface area contributed by atoms with Gasteiger partial charge in [0.2, 0.25) is 0 Å². The van der Waals surface area contributed by atoms with Crippen LogP contribution in [0.1, 0.15) is 37.3 Å². The van der Waals surface area contributed by atoms with Crippen LogP contribution in [0.5, 0.6) is 11.5 Å². The number of esters is 2. The van der Waals surface area contributed by atoms with E-state index in [4.69, 9.17) is 23.7 Å². The lowest BCUT2D eigenvalue weighted by Crippen LogP contribution is -2.59. The number of aromatic hydroxyl groups is 1. The predicted molar refractivity (Wildman–Crippen MR) is 97.1 cm³/mol. The standard InChI is InChI=1S/C20H26O8/c1-5-26-15-9-11-13(21)7-8-14-17(11)12(10-16(28-14)27-6-2)20(15,18(22)24-3)19(23)25-4/h7-8,12,15-16,21H,5-6,9-10H2,1-4H3/t12-,15+,16-/m0/s1. The largest absolute Gasteiger partial charge is 0.508 e. The maximum absolute atomic E-state index is 13.1. The van der Waals surface area contributed by atoms with E-state index in [9.17, 15) is 14.7 Å². The molecule has 0 aromatic heterocycles. The lowest BCUT2D eigenvalue weighted by Gasteiger charge is -2.48. The fourth-order valence-electron chi connectivity index (χ4n) is 4.46. The molecule has 1 aromatic rings. The van der Waals surface area contributed by atoms with Crippen molar-refractivity contribution < 1.29 is 38.4 Å². The van der Waals surface area contributed by atoms with Crippen molar-refractivity contribution in [1.82, 2.24) is 0 Å². The van der Waals surface area contributed by atoms with Gasteiger partial charge in [-0.2, -0.15) is 0 Å². The number of phenols is 1. The van der Waals surface area contributed by atoms with Gasteiger partial charge in [-0.25, -0.2) is 0 Å². The van der Waals surface area contributed by atoms with E-state index in [-0.39, 0.29) is 25.2 Å². The number of methoxy groups -OCH3 is 2. The van der Waals surface area contributed by atoms with Gasteiger partial charge >= 0.3 is 11.9 Å². The second kappa shape index (κ2) is 7.97. The van der Waals surface area contributed by atoms with Crippen LogP contribution in [0.25, 0.3) is 0 Å². The van der Waals surface area contributed by atoms with Crippen LogP contribution in [0.3, 0.4) is 0 Å². The molecular formula is C20H26O8. The fourth-order valence-corrected chi connectivity index (χ4v) is 4.46. The highest BCUT2D eigenvalue weighted by Crippen LogP contribution is 2.57. The third-order valence-corrected chi connectivity index (χ3v) is 5.54. The number of hydrogen-bond donors (Lipinski definition) is 1. The number of phenolic OH excluding ortho intramolecular Hbond substituents is 1. The van der Waals surface area contributed by atoms with Gasteiger partial charge in [0.05, 0.1) is 20.3 Å². The van der Waals surface area contributed by atoms with Crippen LogP contribution in [0, 0.1) is 5.41 Å². The monoisotopic (exact) mass is 394 g/mol. The van der Waals surface area contributed by atoms with Gasteiger partial charge in [0.15, 0.2) is 11.7 Å². The van der Waals surface area contributed by atoms with E-state index < -0.39 is 35.7 Å². The molecule has 28 heavy (non-hydrogen) atoms. The summed E-state index contributed by atoms with van der Waals surface area (Å²) in [6, 6.07) is 3.15. The van der Waals surface area contributed by atoms with Crippen molar-refractivity contribution in [2.24, 2.45) is 5.41 Å². The first kappa shape index (κ1) is 20.4. The zero-order chi connectivity index (χ0) is 20.5. The molecule has 0 saturated carbocycles. The number of benzene rings is 1. The summed E-state index contributed by atoms with van der Waals surface area (Å²) in [5.41, 5.74) is -0.532. The Labute approximate surface area is 163 Å². The molecule has 1 aliphatic heterocycles. The molecule has 3 rings (SSSR count). The molecule has 154 valence electrons. The van der Waals surface area contributed by atoms with Crippen LogP contribution in [0.4, 0.5) is 0 Å². The van der Waals surface area contributed by atoms with Crippen molar-refractivity contribution in [3.05, 3.63) is 23.3 Å². The van der Waals surface area contributed by atoms with Crippen LogP contribution >= 0.6 is 0 Å². The van der Waals surface area contributed by atoms with Gasteiger partial charge in [0.1, 0.15) is 11.5 Å². The molecule has 1 N–H and O–H groups in total. The summed E-state index contributed by atoms with van der Waals surface area (Å²) in [5, 5.41) is 10.5. The first-order valence-electron chi connectivity index (χ1n) is 9.36. The Morgan fingerprint density at radius 3 is 2.36 bits per heavy atom. The number of hydrogen-bond acceptors (Lipinski definition) is 8. The van der Waals surface area contributed by atoms with Gasteiger partial charge in [-0.1, -0.05) is 0 Å². The quantitative estimate of drug-likeness (QED) is 0.577. The average molecular weight is 394 g/mol. The maximum atomic E-state index is 13.1. The Hall–Kier alpha value is -2.32. The molecule has 2 aliphatic rings. The molecule has 0 saturated heterocycles. The summed E-state index contributed by atoms with van der Waals surface area (Å²) in [6.07, 6.45) is -1.16. The summed E-state index contributed by atoms with van der Waals surface area (Å²) in [7, 11) is 2.46. The molecule has 8 heteroatoms. The van der Waals surface area contributed by atoms with Crippen LogP contribution in [0.15, 0.2) is 12.1 Å². The van der Waals surface area contributed by atoms with E-state index in [0.717, 1.165) is 0 Å². The lowest BCUT2D eigenvalue weighted by molar-refractivity contribution is -0.191. The minimum absolute atomic E-state index is 0.0650. The van der Waals surface area contributed by atoms with E-state index in [0.29, 0.717) is 23.5 Å². The van der Waals surface area contributed by atoms with Crippen molar-refractivity contribution >= 4 is 11.9 Å². The molecule has 0 fully saturated rings. The number of ether oxygens (including phenoxy) is 5. The Balaban J connectivity index is 2.28. The van der Waals surface area contributed by atoms with Crippen molar-refractivity contribution in [2.75, 3.05) is 27.4 Å². The van der Waals surface area contributed by atoms with Gasteiger partial charge in [-0.3, -0.25) is 9.59 Å². The number of rotatable bonds is 6. The fraction of sp³-hybridized carbons (Fsp3) is 0.600. The van der Waals surface area contributed by atoms with Gasteiger partial charge in [-0.15, -0.1) is 0 Å². The normalized spacial score (nSPS) is 24.6. The third-order valence-electron chi connectivity index (χ3n) is 5.54. The first-order chi connectivity index (χ1) is 13.4. The van der Waals surface area contributed by atoms with Gasteiger partial charge in [0, 0.05) is 43.1 Å². The molecule has 0 radical (unpaired) electrons. The molecule has 0 spiro atoms. The Morgan fingerprint density at radius 1 is 1.14 bits per heavy atom. The van der Waals surface area contributed by atoms with Crippen molar-refractivity contribution in [1.29, 1.82) is 0 Å². The minimum atomic E-state index is -1.73. The summed E-state index contributed by atoms with van der Waals surface area (Å²) < 4.78 is 27.5. The van der Waals surface area contributed by atoms with Gasteiger partial charge < -0.3 is 28.8 Å². The van der Waals surface area contributed by atoms with Crippen molar-refractivity contribution in [3.63, 3.8) is 0 Å². The highest BCUT2D eigenvalue weighted by molar-refractivity contribution is 6.03. The van der Waals surface area contributed by atoms with Gasteiger partial charge in [-0.05, 0) is 26.0 Å². The van der Waals surface area contributed by atoms with Crippen LogP contribution < -0.4 is 4.74 Å². The second-order valence-corrected chi connectivity index (χ2v) is 6.77. The summed E-state index contributed by atoms with van der Waals surface area (Å²) in [6.45, 7) is 4.28. The lowest BCUT2D eigenvalue weighted by atomic mass is 9.59. The number of carbonyl (C=O) groups excluding carboxylic acids is 2. The Morgan fingerprint density at radius 2 is 1.79 bits per heavy atom. The van der Waals surface area contributed by atoms with E-state index in [2.05, 4.69) is 0 Å². The van der Waals surface area contributed by atoms with E-state index in [1.807, 2.05) is 6.92 Å². The maximum Gasteiger partial charge on any atom is 0.326 e. The van der Waals surface area contributed by atoms with Crippen LogP contribution in [-0.2, 0) is 35.0 Å². The Bertz CT molecular complexity index is 743. The molecule has 0 amide bonds. The van der Waals surface area contributed by atoms with E-state index in [1.165, 1.54) is 20.3 Å². The molecule has 3 atom stereocenters. The predicted octanol–water partition coefficient (Wildman–Crippen LogP) is 1.91. The summed E-state index contributed by atoms with van der Waals surface area (Å²) >= 11 is 0. The van der Waals surface area contributed by atoms with Crippen molar-refractivity contribution in [2.45, 2.75) is 45.0 Å². The second-order valence-electron chi connectivity index (χ2n) is 6.77. The smallest absolute Gasteiger partial charge is 0.326 e. The van der Waals surface area contributed by atoms with Gasteiger partial charge in [0.25, 0.3) is 0 Å². The van der Waals surface area contributed by atoms with Crippen molar-refractivity contribution in [3.8, 4) is 11.5 Å². The van der Waals surface area contributed by atoms with E-state index >= 15 is 0 Å². The zero-order valence-corrected chi connectivity index (χ0v) is 16.5. The summed E-state index contributed by atoms with van der Waals surface area (Å²) in [4.78, 5) is 26.2. The topological polar surface area (TPSA) is 101 Å². The average Bonchev–Trinajstić information content (AvgIpc) is 2.70. The molecule has 1 aromatic carbocycles. The Kier molecular flexibility index (Phi) is 5.81. The molecule has 8 nitrogen and oxygen atoms in total. The highest BCUT2D eigenvalue weighted by atomic mass is 16.7. The third kappa shape index (κ3) is 2.91. The summed E-state index contributed by atoms with van der Waals surface area (Å²) in [5.74, 6) is -1.63. The van der Waals surface area contributed by atoms with E-state index in [1.54, 1.807) is 13.0 Å². The highest BCUT2D eigenvalue weighted by Gasteiger charge is 2.65. The zero-order valence-electron chi connectivity index (χ0n) is 16.5. The SMILES string of the molecule is CCO[C@@H]1C[C@H]2c3c(ccc(O)c3C[C@@H](OCC)C2(C(=O)OC)C(=O)OC)O1. The number of carbonyl (C=O) groups is 2. The molecule has 1 heterocycles. The minimum Gasteiger partial charge on any atom is -0.508 e. The first-order valence-corrected chi connectivity index (χ1v) is 9.36. The van der Waals surface area contributed by atoms with Crippen LogP contribution in [0.2, 0.25) is 0 Å². The molecule has 0 bridgehead atoms.